The molecule has 2 heterocycles. The molecule has 0 aliphatic rings. The Morgan fingerprint density at radius 2 is 2.19 bits per heavy atom. The molecule has 0 bridgehead atoms. The SMILES string of the molecule is CCOC(=O)c1c(C)[nH]c(C(=O)CSc2nccs2)c1C. The van der Waals surface area contributed by atoms with Crippen LogP contribution in [-0.4, -0.2) is 34.1 Å². The van der Waals surface area contributed by atoms with Crippen molar-refractivity contribution >= 4 is 34.9 Å². The molecule has 0 aromatic carbocycles. The van der Waals surface area contributed by atoms with Crippen LogP contribution in [0.15, 0.2) is 15.9 Å². The third kappa shape index (κ3) is 3.54. The van der Waals surface area contributed by atoms with Crippen LogP contribution in [0.3, 0.4) is 0 Å². The van der Waals surface area contributed by atoms with Crippen molar-refractivity contribution in [3.63, 3.8) is 0 Å². The van der Waals surface area contributed by atoms with Crippen molar-refractivity contribution in [3.05, 3.63) is 34.1 Å². The van der Waals surface area contributed by atoms with Crippen LogP contribution in [0.25, 0.3) is 0 Å². The summed E-state index contributed by atoms with van der Waals surface area (Å²) in [6.07, 6.45) is 1.71. The van der Waals surface area contributed by atoms with Crippen molar-refractivity contribution in [2.45, 2.75) is 25.1 Å². The van der Waals surface area contributed by atoms with E-state index in [2.05, 4.69) is 9.97 Å². The molecule has 0 unspecified atom stereocenters. The van der Waals surface area contributed by atoms with E-state index < -0.39 is 5.97 Å². The minimum absolute atomic E-state index is 0.0497. The van der Waals surface area contributed by atoms with Gasteiger partial charge in [-0.05, 0) is 26.3 Å². The van der Waals surface area contributed by atoms with Crippen LogP contribution in [0.1, 0.15) is 39.0 Å². The number of nitrogens with one attached hydrogen (secondary N) is 1. The normalized spacial score (nSPS) is 10.6. The highest BCUT2D eigenvalue weighted by atomic mass is 32.2. The predicted octanol–water partition coefficient (Wildman–Crippen LogP) is 3.24. The minimum Gasteiger partial charge on any atom is -0.462 e. The third-order valence-electron chi connectivity index (χ3n) is 2.93. The molecule has 2 aromatic heterocycles. The fraction of sp³-hybridized carbons (Fsp3) is 0.357. The number of H-pyrrole nitrogens is 1. The summed E-state index contributed by atoms with van der Waals surface area (Å²) in [5, 5.41) is 1.87. The first-order valence-corrected chi connectivity index (χ1v) is 8.32. The van der Waals surface area contributed by atoms with Gasteiger partial charge in [-0.15, -0.1) is 11.3 Å². The second kappa shape index (κ2) is 6.91. The number of hydrogen-bond donors (Lipinski definition) is 1. The zero-order chi connectivity index (χ0) is 15.4. The lowest BCUT2D eigenvalue weighted by Gasteiger charge is -2.02. The minimum atomic E-state index is -0.393. The summed E-state index contributed by atoms with van der Waals surface area (Å²) >= 11 is 2.89. The Labute approximate surface area is 131 Å². The quantitative estimate of drug-likeness (QED) is 0.502. The van der Waals surface area contributed by atoms with E-state index in [1.165, 1.54) is 23.1 Å². The zero-order valence-corrected chi connectivity index (χ0v) is 13.7. The van der Waals surface area contributed by atoms with Crippen LogP contribution in [0.5, 0.6) is 0 Å². The van der Waals surface area contributed by atoms with Crippen LogP contribution in [0.4, 0.5) is 0 Å². The summed E-state index contributed by atoms with van der Waals surface area (Å²) in [7, 11) is 0. The molecule has 0 saturated heterocycles. The van der Waals surface area contributed by atoms with Gasteiger partial charge in [-0.25, -0.2) is 9.78 Å². The summed E-state index contributed by atoms with van der Waals surface area (Å²) in [5.41, 5.74) is 2.24. The van der Waals surface area contributed by atoms with Crippen molar-refractivity contribution < 1.29 is 14.3 Å². The van der Waals surface area contributed by atoms with E-state index in [0.29, 0.717) is 29.1 Å². The van der Waals surface area contributed by atoms with E-state index in [1.54, 1.807) is 27.0 Å². The molecule has 1 N–H and O–H groups in total. The molecule has 0 spiro atoms. The number of aromatic amines is 1. The molecule has 0 fully saturated rings. The Kier molecular flexibility index (Phi) is 5.19. The smallest absolute Gasteiger partial charge is 0.340 e. The van der Waals surface area contributed by atoms with Crippen LogP contribution < -0.4 is 0 Å². The van der Waals surface area contributed by atoms with Crippen LogP contribution in [-0.2, 0) is 4.74 Å². The standard InChI is InChI=1S/C14H16N2O3S2/c1-4-19-13(18)11-8(2)12(16-9(11)3)10(17)7-21-14-15-5-6-20-14/h5-6,16H,4,7H2,1-3H3. The van der Waals surface area contributed by atoms with Gasteiger partial charge < -0.3 is 9.72 Å². The van der Waals surface area contributed by atoms with Gasteiger partial charge in [0.2, 0.25) is 0 Å². The van der Waals surface area contributed by atoms with Gasteiger partial charge in [-0.2, -0.15) is 0 Å². The number of esters is 1. The van der Waals surface area contributed by atoms with Gasteiger partial charge in [0.15, 0.2) is 5.78 Å². The van der Waals surface area contributed by atoms with Gasteiger partial charge in [0.25, 0.3) is 0 Å². The largest absolute Gasteiger partial charge is 0.462 e. The summed E-state index contributed by atoms with van der Waals surface area (Å²) in [4.78, 5) is 31.3. The molecular formula is C14H16N2O3S2. The van der Waals surface area contributed by atoms with Crippen molar-refractivity contribution in [3.8, 4) is 0 Å². The summed E-state index contributed by atoms with van der Waals surface area (Å²) in [6.45, 7) is 5.60. The van der Waals surface area contributed by atoms with Gasteiger partial charge in [0.1, 0.15) is 4.34 Å². The van der Waals surface area contributed by atoms with Crippen molar-refractivity contribution in [1.82, 2.24) is 9.97 Å². The van der Waals surface area contributed by atoms with Gasteiger partial charge in [-0.3, -0.25) is 4.79 Å². The number of hydrogen-bond acceptors (Lipinski definition) is 6. The molecular weight excluding hydrogens is 308 g/mol. The fourth-order valence-electron chi connectivity index (χ4n) is 2.02. The number of ether oxygens (including phenoxy) is 1. The molecule has 2 aromatic rings. The maximum atomic E-state index is 12.3. The Hall–Kier alpha value is -1.60. The van der Waals surface area contributed by atoms with Gasteiger partial charge >= 0.3 is 5.97 Å². The Bertz CT molecular complexity index is 647. The van der Waals surface area contributed by atoms with E-state index in [0.717, 1.165) is 4.34 Å². The first kappa shape index (κ1) is 15.8. The average molecular weight is 324 g/mol. The summed E-state index contributed by atoms with van der Waals surface area (Å²) in [6, 6.07) is 0. The number of carbonyl (C=O) groups excluding carboxylic acids is 2. The average Bonchev–Trinajstić information content (AvgIpc) is 3.04. The molecule has 5 nitrogen and oxygen atoms in total. The third-order valence-corrected chi connectivity index (χ3v) is 4.90. The maximum absolute atomic E-state index is 12.3. The molecule has 21 heavy (non-hydrogen) atoms. The zero-order valence-electron chi connectivity index (χ0n) is 12.1. The van der Waals surface area contributed by atoms with Crippen LogP contribution >= 0.6 is 23.1 Å². The number of thioether (sulfide) groups is 1. The number of aryl methyl sites for hydroxylation is 1. The number of carbonyl (C=O) groups is 2. The number of aromatic nitrogens is 2. The predicted molar refractivity (Wildman–Crippen MR) is 83.4 cm³/mol. The summed E-state index contributed by atoms with van der Waals surface area (Å²) in [5.74, 6) is -0.155. The second-order valence-corrected chi connectivity index (χ2v) is 6.47. The van der Waals surface area contributed by atoms with Crippen molar-refractivity contribution in [1.29, 1.82) is 0 Å². The van der Waals surface area contributed by atoms with E-state index in [-0.39, 0.29) is 11.5 Å². The lowest BCUT2D eigenvalue weighted by molar-refractivity contribution is 0.0525. The van der Waals surface area contributed by atoms with E-state index in [9.17, 15) is 9.59 Å². The van der Waals surface area contributed by atoms with Crippen molar-refractivity contribution in [2.75, 3.05) is 12.4 Å². The Morgan fingerprint density at radius 3 is 2.81 bits per heavy atom. The van der Waals surface area contributed by atoms with E-state index in [1.807, 2.05) is 5.38 Å². The summed E-state index contributed by atoms with van der Waals surface area (Å²) < 4.78 is 5.87. The molecule has 0 atom stereocenters. The highest BCUT2D eigenvalue weighted by molar-refractivity contribution is 8.01. The first-order valence-electron chi connectivity index (χ1n) is 6.46. The van der Waals surface area contributed by atoms with E-state index in [4.69, 9.17) is 4.74 Å². The highest BCUT2D eigenvalue weighted by Crippen LogP contribution is 2.24. The molecule has 0 saturated carbocycles. The molecule has 112 valence electrons. The fourth-order valence-corrected chi connectivity index (χ4v) is 3.53. The molecule has 0 amide bonds. The molecule has 0 radical (unpaired) electrons. The number of Topliss-reactive ketones (excluding diaryl/α,β-unsaturated/α-hetero) is 1. The van der Waals surface area contributed by atoms with Crippen LogP contribution in [0, 0.1) is 13.8 Å². The van der Waals surface area contributed by atoms with Gasteiger partial charge in [-0.1, -0.05) is 11.8 Å². The van der Waals surface area contributed by atoms with Gasteiger partial charge in [0, 0.05) is 17.3 Å². The number of rotatable bonds is 6. The lowest BCUT2D eigenvalue weighted by Crippen LogP contribution is -2.08. The number of ketones is 1. The van der Waals surface area contributed by atoms with Crippen molar-refractivity contribution in [2.24, 2.45) is 0 Å². The second-order valence-electron chi connectivity index (χ2n) is 4.36. The Balaban J connectivity index is 2.14. The molecule has 7 heteroatoms. The molecule has 0 aliphatic heterocycles. The maximum Gasteiger partial charge on any atom is 0.340 e. The monoisotopic (exact) mass is 324 g/mol. The first-order chi connectivity index (χ1) is 10.0. The molecule has 2 rings (SSSR count). The van der Waals surface area contributed by atoms with Gasteiger partial charge in [0.05, 0.1) is 23.6 Å². The lowest BCUT2D eigenvalue weighted by atomic mass is 10.1. The Morgan fingerprint density at radius 1 is 1.43 bits per heavy atom. The molecule has 0 aliphatic carbocycles. The van der Waals surface area contributed by atoms with E-state index >= 15 is 0 Å². The number of thiazole rings is 1. The topological polar surface area (TPSA) is 72.1 Å². The highest BCUT2D eigenvalue weighted by Gasteiger charge is 2.22. The van der Waals surface area contributed by atoms with Crippen LogP contribution in [0.2, 0.25) is 0 Å². The number of nitrogens with zero attached hydrogens (tertiary/aromatic N) is 1.